The molecule has 0 spiro atoms. The van der Waals surface area contributed by atoms with Crippen LogP contribution < -0.4 is 10.6 Å². The van der Waals surface area contributed by atoms with Crippen molar-refractivity contribution in [3.05, 3.63) is 54.3 Å². The number of halogens is 1. The van der Waals surface area contributed by atoms with E-state index in [1.54, 1.807) is 6.07 Å². The SMILES string of the molecule is C[C@H](CCN1CCOCC1)NC(=O)Nc1ccc(-c2cccc(F)c2)cc1. The minimum Gasteiger partial charge on any atom is -0.379 e. The monoisotopic (exact) mass is 371 g/mol. The molecular formula is C21H26FN3O2. The van der Waals surface area contributed by atoms with Crippen LogP contribution in [0.4, 0.5) is 14.9 Å². The van der Waals surface area contributed by atoms with Crippen LogP contribution in [0.3, 0.4) is 0 Å². The van der Waals surface area contributed by atoms with Gasteiger partial charge in [0.15, 0.2) is 0 Å². The molecule has 27 heavy (non-hydrogen) atoms. The normalized spacial score (nSPS) is 15.9. The Balaban J connectivity index is 1.46. The number of amides is 2. The number of carbonyl (C=O) groups excluding carboxylic acids is 1. The number of hydrogen-bond acceptors (Lipinski definition) is 3. The van der Waals surface area contributed by atoms with Crippen LogP contribution in [0.5, 0.6) is 0 Å². The second-order valence-corrected chi connectivity index (χ2v) is 6.83. The van der Waals surface area contributed by atoms with Gasteiger partial charge in [-0.1, -0.05) is 24.3 Å². The van der Waals surface area contributed by atoms with Gasteiger partial charge < -0.3 is 15.4 Å². The second kappa shape index (κ2) is 9.48. The third kappa shape index (κ3) is 6.05. The minimum atomic E-state index is -0.264. The summed E-state index contributed by atoms with van der Waals surface area (Å²) in [6.07, 6.45) is 0.895. The first-order valence-corrected chi connectivity index (χ1v) is 9.34. The Morgan fingerprint density at radius 3 is 2.59 bits per heavy atom. The number of rotatable bonds is 6. The van der Waals surface area contributed by atoms with E-state index in [2.05, 4.69) is 15.5 Å². The molecule has 0 aliphatic carbocycles. The highest BCUT2D eigenvalue weighted by Crippen LogP contribution is 2.22. The number of urea groups is 1. The molecule has 1 aliphatic rings. The van der Waals surface area contributed by atoms with Crippen LogP contribution in [0.2, 0.25) is 0 Å². The molecule has 2 aromatic carbocycles. The Morgan fingerprint density at radius 2 is 1.89 bits per heavy atom. The lowest BCUT2D eigenvalue weighted by atomic mass is 10.1. The van der Waals surface area contributed by atoms with Crippen molar-refractivity contribution in [2.75, 3.05) is 38.2 Å². The van der Waals surface area contributed by atoms with E-state index in [0.29, 0.717) is 5.69 Å². The lowest BCUT2D eigenvalue weighted by Gasteiger charge is -2.27. The molecule has 0 saturated carbocycles. The van der Waals surface area contributed by atoms with Crippen LogP contribution in [0.25, 0.3) is 11.1 Å². The number of anilines is 1. The van der Waals surface area contributed by atoms with Gasteiger partial charge >= 0.3 is 6.03 Å². The highest BCUT2D eigenvalue weighted by molar-refractivity contribution is 5.89. The second-order valence-electron chi connectivity index (χ2n) is 6.83. The molecule has 2 amide bonds. The van der Waals surface area contributed by atoms with Crippen molar-refractivity contribution in [3.8, 4) is 11.1 Å². The van der Waals surface area contributed by atoms with Crippen molar-refractivity contribution < 1.29 is 13.9 Å². The first kappa shape index (κ1) is 19.3. The summed E-state index contributed by atoms with van der Waals surface area (Å²) in [6.45, 7) is 6.44. The Kier molecular flexibility index (Phi) is 6.79. The Labute approximate surface area is 159 Å². The summed E-state index contributed by atoms with van der Waals surface area (Å²) in [6, 6.07) is 13.7. The number of nitrogens with one attached hydrogen (secondary N) is 2. The molecule has 144 valence electrons. The van der Waals surface area contributed by atoms with E-state index in [1.165, 1.54) is 12.1 Å². The van der Waals surface area contributed by atoms with Gasteiger partial charge in [-0.05, 0) is 48.7 Å². The van der Waals surface area contributed by atoms with Crippen molar-refractivity contribution in [2.45, 2.75) is 19.4 Å². The molecule has 1 aliphatic heterocycles. The number of ether oxygens (including phenoxy) is 1. The predicted molar refractivity (Wildman–Crippen MR) is 105 cm³/mol. The summed E-state index contributed by atoms with van der Waals surface area (Å²) in [5, 5.41) is 5.81. The number of hydrogen-bond donors (Lipinski definition) is 2. The molecule has 0 radical (unpaired) electrons. The number of nitrogens with zero attached hydrogens (tertiary/aromatic N) is 1. The molecule has 2 N–H and O–H groups in total. The van der Waals surface area contributed by atoms with Crippen LogP contribution in [-0.4, -0.2) is 49.8 Å². The average Bonchev–Trinajstić information content (AvgIpc) is 2.68. The van der Waals surface area contributed by atoms with Gasteiger partial charge in [-0.3, -0.25) is 4.90 Å². The van der Waals surface area contributed by atoms with E-state index < -0.39 is 0 Å². The molecule has 1 heterocycles. The van der Waals surface area contributed by atoms with Crippen LogP contribution in [0, 0.1) is 5.82 Å². The van der Waals surface area contributed by atoms with Crippen molar-refractivity contribution >= 4 is 11.7 Å². The summed E-state index contributed by atoms with van der Waals surface area (Å²) in [5.41, 5.74) is 2.41. The third-order valence-electron chi connectivity index (χ3n) is 4.66. The van der Waals surface area contributed by atoms with Crippen LogP contribution in [0.15, 0.2) is 48.5 Å². The van der Waals surface area contributed by atoms with Crippen LogP contribution in [-0.2, 0) is 4.74 Å². The highest BCUT2D eigenvalue weighted by Gasteiger charge is 2.13. The quantitative estimate of drug-likeness (QED) is 0.814. The van der Waals surface area contributed by atoms with Crippen LogP contribution >= 0.6 is 0 Å². The zero-order valence-corrected chi connectivity index (χ0v) is 15.6. The smallest absolute Gasteiger partial charge is 0.319 e. The van der Waals surface area contributed by atoms with E-state index in [0.717, 1.165) is 50.4 Å². The first-order valence-electron chi connectivity index (χ1n) is 9.34. The topological polar surface area (TPSA) is 53.6 Å². The molecule has 6 heteroatoms. The summed E-state index contributed by atoms with van der Waals surface area (Å²) in [5.74, 6) is -0.264. The van der Waals surface area contributed by atoms with Gasteiger partial charge in [0.05, 0.1) is 13.2 Å². The summed E-state index contributed by atoms with van der Waals surface area (Å²) < 4.78 is 18.7. The average molecular weight is 371 g/mol. The minimum absolute atomic E-state index is 0.0828. The molecule has 1 saturated heterocycles. The van der Waals surface area contributed by atoms with Gasteiger partial charge in [0.2, 0.25) is 0 Å². The van der Waals surface area contributed by atoms with Crippen molar-refractivity contribution in [3.63, 3.8) is 0 Å². The van der Waals surface area contributed by atoms with Gasteiger partial charge in [0.25, 0.3) is 0 Å². The Morgan fingerprint density at radius 1 is 1.15 bits per heavy atom. The maximum absolute atomic E-state index is 13.3. The van der Waals surface area contributed by atoms with E-state index in [4.69, 9.17) is 4.74 Å². The van der Waals surface area contributed by atoms with Gasteiger partial charge in [-0.2, -0.15) is 0 Å². The largest absolute Gasteiger partial charge is 0.379 e. The number of benzene rings is 2. The van der Waals surface area contributed by atoms with Crippen molar-refractivity contribution in [2.24, 2.45) is 0 Å². The fourth-order valence-corrected chi connectivity index (χ4v) is 3.08. The summed E-state index contributed by atoms with van der Waals surface area (Å²) in [4.78, 5) is 14.5. The zero-order valence-electron chi connectivity index (χ0n) is 15.6. The Hall–Kier alpha value is -2.44. The van der Waals surface area contributed by atoms with E-state index >= 15 is 0 Å². The Bertz CT molecular complexity index is 745. The highest BCUT2D eigenvalue weighted by atomic mass is 19.1. The van der Waals surface area contributed by atoms with Crippen LogP contribution in [0.1, 0.15) is 13.3 Å². The molecule has 0 bridgehead atoms. The van der Waals surface area contributed by atoms with E-state index in [1.807, 2.05) is 37.3 Å². The molecular weight excluding hydrogens is 345 g/mol. The van der Waals surface area contributed by atoms with Crippen molar-refractivity contribution in [1.82, 2.24) is 10.2 Å². The zero-order chi connectivity index (χ0) is 19.1. The summed E-state index contributed by atoms with van der Waals surface area (Å²) >= 11 is 0. The lowest BCUT2D eigenvalue weighted by molar-refractivity contribution is 0.0365. The first-order chi connectivity index (χ1) is 13.1. The molecule has 1 fully saturated rings. The number of morpholine rings is 1. The molecule has 1 atom stereocenters. The summed E-state index contributed by atoms with van der Waals surface area (Å²) in [7, 11) is 0. The number of carbonyl (C=O) groups is 1. The standard InChI is InChI=1S/C21H26FN3O2/c1-16(9-10-25-11-13-27-14-12-25)23-21(26)24-20-7-5-17(6-8-20)18-3-2-4-19(22)15-18/h2-8,15-16H,9-14H2,1H3,(H2,23,24,26)/t16-/m1/s1. The van der Waals surface area contributed by atoms with E-state index in [-0.39, 0.29) is 17.9 Å². The maximum atomic E-state index is 13.3. The van der Waals surface area contributed by atoms with Crippen molar-refractivity contribution in [1.29, 1.82) is 0 Å². The van der Waals surface area contributed by atoms with Gasteiger partial charge in [-0.15, -0.1) is 0 Å². The fourth-order valence-electron chi connectivity index (χ4n) is 3.08. The lowest BCUT2D eigenvalue weighted by Crippen LogP contribution is -2.41. The molecule has 0 unspecified atom stereocenters. The predicted octanol–water partition coefficient (Wildman–Crippen LogP) is 3.73. The molecule has 0 aromatic heterocycles. The van der Waals surface area contributed by atoms with Gasteiger partial charge in [0.1, 0.15) is 5.82 Å². The third-order valence-corrected chi connectivity index (χ3v) is 4.66. The maximum Gasteiger partial charge on any atom is 0.319 e. The molecule has 5 nitrogen and oxygen atoms in total. The van der Waals surface area contributed by atoms with Gasteiger partial charge in [0, 0.05) is 31.4 Å². The molecule has 3 rings (SSSR count). The van der Waals surface area contributed by atoms with Gasteiger partial charge in [-0.25, -0.2) is 9.18 Å². The molecule has 2 aromatic rings. The fraction of sp³-hybridized carbons (Fsp3) is 0.381. The van der Waals surface area contributed by atoms with E-state index in [9.17, 15) is 9.18 Å².